The number of pyridine rings is 1. The molecule has 2 aromatic rings. The summed E-state index contributed by atoms with van der Waals surface area (Å²) < 4.78 is 38.3. The SMILES string of the molecule is O=C(NC1(Cc2cccc(Cl)c2)CC1)c1cc(C(F)(F)F)c[nH]c1=O. The number of nitrogens with one attached hydrogen (secondary N) is 2. The fraction of sp³-hybridized carbons (Fsp3) is 0.294. The van der Waals surface area contributed by atoms with Gasteiger partial charge in [0.1, 0.15) is 5.56 Å². The molecule has 0 unspecified atom stereocenters. The van der Waals surface area contributed by atoms with Crippen molar-refractivity contribution < 1.29 is 18.0 Å². The van der Waals surface area contributed by atoms with Crippen LogP contribution < -0.4 is 10.9 Å². The molecule has 2 N–H and O–H groups in total. The smallest absolute Gasteiger partial charge is 0.346 e. The third kappa shape index (κ3) is 4.04. The van der Waals surface area contributed by atoms with Crippen molar-refractivity contribution in [1.29, 1.82) is 0 Å². The molecule has 1 heterocycles. The first-order valence-corrected chi connectivity index (χ1v) is 7.93. The van der Waals surface area contributed by atoms with Gasteiger partial charge in [0, 0.05) is 16.8 Å². The lowest BCUT2D eigenvalue weighted by Crippen LogP contribution is -2.41. The second-order valence-electron chi connectivity index (χ2n) is 6.17. The number of carbonyl (C=O) groups is 1. The standard InChI is InChI=1S/C17H14ClF3N2O2/c18-12-3-1-2-10(6-12)8-16(4-5-16)23-15(25)13-7-11(17(19,20)21)9-22-14(13)24/h1-3,6-7,9H,4-5,8H2,(H,22,24)(H,23,25). The average Bonchev–Trinajstić information content (AvgIpc) is 3.25. The molecule has 132 valence electrons. The van der Waals surface area contributed by atoms with Crippen molar-refractivity contribution in [3.8, 4) is 0 Å². The largest absolute Gasteiger partial charge is 0.417 e. The summed E-state index contributed by atoms with van der Waals surface area (Å²) in [6.07, 6.45) is -2.23. The molecule has 0 saturated heterocycles. The van der Waals surface area contributed by atoms with Gasteiger partial charge in [0.2, 0.25) is 0 Å². The van der Waals surface area contributed by atoms with Gasteiger partial charge in [-0.15, -0.1) is 0 Å². The van der Waals surface area contributed by atoms with E-state index in [-0.39, 0.29) is 0 Å². The Hall–Kier alpha value is -2.28. The van der Waals surface area contributed by atoms with Crippen LogP contribution in [0.5, 0.6) is 0 Å². The Labute approximate surface area is 146 Å². The molecule has 4 nitrogen and oxygen atoms in total. The molecule has 0 aliphatic heterocycles. The first-order chi connectivity index (χ1) is 11.7. The van der Waals surface area contributed by atoms with Gasteiger partial charge in [-0.1, -0.05) is 23.7 Å². The molecule has 1 aliphatic rings. The predicted molar refractivity (Wildman–Crippen MR) is 86.7 cm³/mol. The maximum atomic E-state index is 12.8. The van der Waals surface area contributed by atoms with E-state index in [2.05, 4.69) is 5.32 Å². The lowest BCUT2D eigenvalue weighted by atomic mass is 10.0. The fourth-order valence-electron chi connectivity index (χ4n) is 2.66. The van der Waals surface area contributed by atoms with Gasteiger partial charge in [0.15, 0.2) is 0 Å². The van der Waals surface area contributed by atoms with Crippen LogP contribution in [0.4, 0.5) is 13.2 Å². The van der Waals surface area contributed by atoms with Gasteiger partial charge in [-0.05, 0) is 43.0 Å². The van der Waals surface area contributed by atoms with Crippen molar-refractivity contribution >= 4 is 17.5 Å². The van der Waals surface area contributed by atoms with Gasteiger partial charge < -0.3 is 10.3 Å². The van der Waals surface area contributed by atoms with Crippen molar-refractivity contribution in [2.24, 2.45) is 0 Å². The van der Waals surface area contributed by atoms with E-state index in [9.17, 15) is 22.8 Å². The number of alkyl halides is 3. The number of H-pyrrole nitrogens is 1. The zero-order valence-electron chi connectivity index (χ0n) is 12.9. The Balaban J connectivity index is 1.79. The zero-order valence-corrected chi connectivity index (χ0v) is 13.7. The minimum absolute atomic E-state index is 0.496. The molecule has 0 radical (unpaired) electrons. The van der Waals surface area contributed by atoms with Crippen LogP contribution in [-0.2, 0) is 12.6 Å². The summed E-state index contributed by atoms with van der Waals surface area (Å²) in [7, 11) is 0. The van der Waals surface area contributed by atoms with Crippen LogP contribution in [0.2, 0.25) is 5.02 Å². The van der Waals surface area contributed by atoms with E-state index in [0.717, 1.165) is 5.56 Å². The highest BCUT2D eigenvalue weighted by atomic mass is 35.5. The van der Waals surface area contributed by atoms with Crippen molar-refractivity contribution in [3.63, 3.8) is 0 Å². The van der Waals surface area contributed by atoms with E-state index >= 15 is 0 Å². The van der Waals surface area contributed by atoms with Crippen LogP contribution >= 0.6 is 11.6 Å². The predicted octanol–water partition coefficient (Wildman–Crippen LogP) is 3.55. The van der Waals surface area contributed by atoms with Crippen LogP contribution in [-0.4, -0.2) is 16.4 Å². The average molecular weight is 371 g/mol. The molecular formula is C17H14ClF3N2O2. The zero-order chi connectivity index (χ0) is 18.2. The minimum Gasteiger partial charge on any atom is -0.346 e. The highest BCUT2D eigenvalue weighted by Crippen LogP contribution is 2.39. The number of hydrogen-bond acceptors (Lipinski definition) is 2. The first kappa shape index (κ1) is 17.5. The Morgan fingerprint density at radius 1 is 1.28 bits per heavy atom. The molecule has 1 saturated carbocycles. The summed E-state index contributed by atoms with van der Waals surface area (Å²) in [6, 6.07) is 7.71. The maximum Gasteiger partial charge on any atom is 0.417 e. The third-order valence-corrected chi connectivity index (χ3v) is 4.37. The summed E-state index contributed by atoms with van der Waals surface area (Å²) in [4.78, 5) is 26.0. The topological polar surface area (TPSA) is 62.0 Å². The van der Waals surface area contributed by atoms with Gasteiger partial charge in [-0.3, -0.25) is 9.59 Å². The number of aromatic amines is 1. The second-order valence-corrected chi connectivity index (χ2v) is 6.61. The summed E-state index contributed by atoms with van der Waals surface area (Å²) in [5.74, 6) is -0.813. The molecule has 0 bridgehead atoms. The van der Waals surface area contributed by atoms with Gasteiger partial charge in [-0.25, -0.2) is 0 Å². The Morgan fingerprint density at radius 3 is 2.60 bits per heavy atom. The molecule has 0 spiro atoms. The molecule has 1 amide bonds. The molecule has 1 aliphatic carbocycles. The minimum atomic E-state index is -4.64. The van der Waals surface area contributed by atoms with Crippen LogP contribution in [0, 0.1) is 0 Å². The van der Waals surface area contributed by atoms with Crippen LogP contribution in [0.25, 0.3) is 0 Å². The number of benzene rings is 1. The fourth-order valence-corrected chi connectivity index (χ4v) is 2.87. The number of rotatable bonds is 4. The molecule has 3 rings (SSSR count). The van der Waals surface area contributed by atoms with Crippen molar-refractivity contribution in [2.45, 2.75) is 31.0 Å². The van der Waals surface area contributed by atoms with Crippen LogP contribution in [0.3, 0.4) is 0 Å². The van der Waals surface area contributed by atoms with Crippen LogP contribution in [0.15, 0.2) is 41.3 Å². The highest BCUT2D eigenvalue weighted by molar-refractivity contribution is 6.30. The Kier molecular flexibility index (Phi) is 4.36. The molecule has 1 fully saturated rings. The van der Waals surface area contributed by atoms with Gasteiger partial charge >= 0.3 is 6.18 Å². The third-order valence-electron chi connectivity index (χ3n) is 4.14. The number of amides is 1. The Morgan fingerprint density at radius 2 is 2.00 bits per heavy atom. The summed E-state index contributed by atoms with van der Waals surface area (Å²) in [6.45, 7) is 0. The van der Waals surface area contributed by atoms with E-state index in [0.29, 0.717) is 36.5 Å². The highest BCUT2D eigenvalue weighted by Gasteiger charge is 2.44. The number of hydrogen-bond donors (Lipinski definition) is 2. The number of halogens is 4. The van der Waals surface area contributed by atoms with Gasteiger partial charge in [0.05, 0.1) is 5.56 Å². The Bertz CT molecular complexity index is 873. The monoisotopic (exact) mass is 370 g/mol. The maximum absolute atomic E-state index is 12.8. The van der Waals surface area contributed by atoms with Crippen molar-refractivity contribution in [3.05, 3.63) is 68.6 Å². The summed E-state index contributed by atoms with van der Waals surface area (Å²) >= 11 is 5.94. The molecule has 8 heteroatoms. The summed E-state index contributed by atoms with van der Waals surface area (Å²) in [5.41, 5.74) is -2.13. The quantitative estimate of drug-likeness (QED) is 0.864. The lowest BCUT2D eigenvalue weighted by Gasteiger charge is -2.18. The molecule has 1 aromatic heterocycles. The first-order valence-electron chi connectivity index (χ1n) is 7.55. The van der Waals surface area contributed by atoms with E-state index in [4.69, 9.17) is 11.6 Å². The van der Waals surface area contributed by atoms with E-state index in [1.54, 1.807) is 18.2 Å². The number of carbonyl (C=O) groups excluding carboxylic acids is 1. The normalized spacial score (nSPS) is 15.7. The lowest BCUT2D eigenvalue weighted by molar-refractivity contribution is -0.137. The van der Waals surface area contributed by atoms with E-state index < -0.39 is 34.3 Å². The van der Waals surface area contributed by atoms with Crippen molar-refractivity contribution in [2.75, 3.05) is 0 Å². The summed E-state index contributed by atoms with van der Waals surface area (Å²) in [5, 5.41) is 3.27. The van der Waals surface area contributed by atoms with E-state index in [1.165, 1.54) is 0 Å². The molecular weight excluding hydrogens is 357 g/mol. The molecule has 0 atom stereocenters. The van der Waals surface area contributed by atoms with Gasteiger partial charge in [0.25, 0.3) is 11.5 Å². The van der Waals surface area contributed by atoms with E-state index in [1.807, 2.05) is 11.1 Å². The molecule has 25 heavy (non-hydrogen) atoms. The molecule has 1 aromatic carbocycles. The second kappa shape index (κ2) is 6.22. The van der Waals surface area contributed by atoms with Gasteiger partial charge in [-0.2, -0.15) is 13.2 Å². The van der Waals surface area contributed by atoms with Crippen molar-refractivity contribution in [1.82, 2.24) is 10.3 Å². The van der Waals surface area contributed by atoms with Crippen LogP contribution in [0.1, 0.15) is 34.3 Å². The number of aromatic nitrogens is 1.